The lowest BCUT2D eigenvalue weighted by molar-refractivity contribution is -0.132. The van der Waals surface area contributed by atoms with Crippen LogP contribution in [0.5, 0.6) is 0 Å². The van der Waals surface area contributed by atoms with E-state index in [9.17, 15) is 4.79 Å². The van der Waals surface area contributed by atoms with Gasteiger partial charge in [-0.25, -0.2) is 0 Å². The van der Waals surface area contributed by atoms with E-state index in [0.717, 1.165) is 51.8 Å². The molecule has 3 rings (SSSR count). The van der Waals surface area contributed by atoms with Crippen LogP contribution in [0.2, 0.25) is 0 Å². The summed E-state index contributed by atoms with van der Waals surface area (Å²) in [6.45, 7) is 11.1. The van der Waals surface area contributed by atoms with Crippen LogP contribution in [0, 0.1) is 0 Å². The van der Waals surface area contributed by atoms with E-state index < -0.39 is 0 Å². The van der Waals surface area contributed by atoms with E-state index in [4.69, 9.17) is 0 Å². The maximum Gasteiger partial charge on any atom is 0.236 e. The summed E-state index contributed by atoms with van der Waals surface area (Å²) in [5.41, 5.74) is 0. The van der Waals surface area contributed by atoms with Gasteiger partial charge in [-0.1, -0.05) is 25.7 Å². The van der Waals surface area contributed by atoms with Crippen molar-refractivity contribution in [3.05, 3.63) is 0 Å². The Labute approximate surface area is 190 Å². The number of hydrogen-bond donors (Lipinski definition) is 1. The maximum atomic E-state index is 12.7. The number of unbranched alkanes of at least 4 members (excludes halogenated alkanes) is 2. The number of carbonyl (C=O) groups is 1. The van der Waals surface area contributed by atoms with Gasteiger partial charge in [-0.2, -0.15) is 0 Å². The van der Waals surface area contributed by atoms with Gasteiger partial charge in [0, 0.05) is 52.9 Å². The van der Waals surface area contributed by atoms with E-state index in [-0.39, 0.29) is 0 Å². The highest BCUT2D eigenvalue weighted by Gasteiger charge is 2.23. The molecule has 0 atom stereocenters. The molecule has 31 heavy (non-hydrogen) atoms. The molecule has 3 saturated heterocycles. The van der Waals surface area contributed by atoms with Crippen molar-refractivity contribution in [1.29, 1.82) is 0 Å². The molecular weight excluding hydrogens is 388 g/mol. The molecule has 3 aliphatic rings. The normalized spacial score (nSPS) is 22.4. The summed E-state index contributed by atoms with van der Waals surface area (Å²) in [6.07, 6.45) is 12.9. The lowest BCUT2D eigenvalue weighted by Crippen LogP contribution is -2.54. The van der Waals surface area contributed by atoms with Gasteiger partial charge < -0.3 is 20.0 Å². The van der Waals surface area contributed by atoms with Crippen LogP contribution in [0.1, 0.15) is 64.2 Å². The molecule has 0 unspecified atom stereocenters. The minimum Gasteiger partial charge on any atom is -0.356 e. The van der Waals surface area contributed by atoms with Gasteiger partial charge in [-0.3, -0.25) is 14.7 Å². The molecule has 7 heteroatoms. The Morgan fingerprint density at radius 3 is 2.03 bits per heavy atom. The van der Waals surface area contributed by atoms with Crippen LogP contribution in [0.15, 0.2) is 4.99 Å². The Morgan fingerprint density at radius 2 is 1.35 bits per heavy atom. The standard InChI is InChI=1S/C24H46N6O/c1-25-24(26-12-6-4-7-13-27-14-8-5-9-15-27)30-20-18-28(19-21-30)22-23(31)29-16-10-2-3-11-17-29/h2-22H2,1H3,(H,25,26). The molecule has 0 saturated carbocycles. The first-order valence-electron chi connectivity index (χ1n) is 12.9. The molecule has 1 amide bonds. The second-order valence-electron chi connectivity index (χ2n) is 9.50. The molecule has 0 aromatic heterocycles. The number of piperazine rings is 1. The third-order valence-corrected chi connectivity index (χ3v) is 7.08. The van der Waals surface area contributed by atoms with Gasteiger partial charge in [0.1, 0.15) is 0 Å². The number of amides is 1. The van der Waals surface area contributed by atoms with Gasteiger partial charge in [0.05, 0.1) is 6.54 Å². The van der Waals surface area contributed by atoms with Crippen LogP contribution < -0.4 is 5.32 Å². The van der Waals surface area contributed by atoms with Crippen LogP contribution in [-0.4, -0.2) is 111 Å². The lowest BCUT2D eigenvalue weighted by Gasteiger charge is -2.37. The molecule has 3 aliphatic heterocycles. The third-order valence-electron chi connectivity index (χ3n) is 7.08. The minimum atomic E-state index is 0.322. The number of rotatable bonds is 8. The lowest BCUT2D eigenvalue weighted by atomic mass is 10.1. The third kappa shape index (κ3) is 8.60. The monoisotopic (exact) mass is 434 g/mol. The topological polar surface area (TPSA) is 54.4 Å². The second kappa shape index (κ2) is 13.9. The molecule has 3 fully saturated rings. The molecule has 0 aromatic carbocycles. The Hall–Kier alpha value is -1.34. The van der Waals surface area contributed by atoms with Crippen molar-refractivity contribution in [2.45, 2.75) is 64.2 Å². The number of aliphatic imine (C=N–C) groups is 1. The predicted molar refractivity (Wildman–Crippen MR) is 129 cm³/mol. The van der Waals surface area contributed by atoms with E-state index in [1.807, 2.05) is 7.05 Å². The van der Waals surface area contributed by atoms with Gasteiger partial charge in [0.2, 0.25) is 5.91 Å². The highest BCUT2D eigenvalue weighted by atomic mass is 16.2. The summed E-state index contributed by atoms with van der Waals surface area (Å²) in [5.74, 6) is 1.34. The van der Waals surface area contributed by atoms with Crippen molar-refractivity contribution in [3.63, 3.8) is 0 Å². The molecule has 178 valence electrons. The van der Waals surface area contributed by atoms with Crippen molar-refractivity contribution in [3.8, 4) is 0 Å². The zero-order valence-corrected chi connectivity index (χ0v) is 20.0. The van der Waals surface area contributed by atoms with E-state index in [0.29, 0.717) is 12.5 Å². The summed E-state index contributed by atoms with van der Waals surface area (Å²) >= 11 is 0. The Bertz CT molecular complexity index is 532. The smallest absolute Gasteiger partial charge is 0.236 e. The van der Waals surface area contributed by atoms with Gasteiger partial charge in [0.25, 0.3) is 0 Å². The number of likely N-dealkylation sites (tertiary alicyclic amines) is 2. The summed E-state index contributed by atoms with van der Waals surface area (Å²) in [4.78, 5) is 26.5. The molecule has 7 nitrogen and oxygen atoms in total. The van der Waals surface area contributed by atoms with Crippen LogP contribution in [0.3, 0.4) is 0 Å². The van der Waals surface area contributed by atoms with Crippen molar-refractivity contribution in [2.75, 3.05) is 79.0 Å². The van der Waals surface area contributed by atoms with Gasteiger partial charge >= 0.3 is 0 Å². The highest BCUT2D eigenvalue weighted by molar-refractivity contribution is 5.80. The number of piperidine rings is 1. The summed E-state index contributed by atoms with van der Waals surface area (Å²) < 4.78 is 0. The minimum absolute atomic E-state index is 0.322. The van der Waals surface area contributed by atoms with Crippen molar-refractivity contribution in [1.82, 2.24) is 24.9 Å². The number of guanidine groups is 1. The first-order chi connectivity index (χ1) is 15.3. The largest absolute Gasteiger partial charge is 0.356 e. The first kappa shape index (κ1) is 24.3. The highest BCUT2D eigenvalue weighted by Crippen LogP contribution is 2.12. The number of hydrogen-bond acceptors (Lipinski definition) is 4. The Morgan fingerprint density at radius 1 is 0.710 bits per heavy atom. The summed E-state index contributed by atoms with van der Waals surface area (Å²) in [6, 6.07) is 0. The van der Waals surface area contributed by atoms with E-state index >= 15 is 0 Å². The zero-order valence-electron chi connectivity index (χ0n) is 20.0. The summed E-state index contributed by atoms with van der Waals surface area (Å²) in [5, 5.41) is 3.56. The predicted octanol–water partition coefficient (Wildman–Crippen LogP) is 2.24. The molecular formula is C24H46N6O. The van der Waals surface area contributed by atoms with Crippen molar-refractivity contribution >= 4 is 11.9 Å². The van der Waals surface area contributed by atoms with E-state index in [1.165, 1.54) is 83.8 Å². The molecule has 3 heterocycles. The van der Waals surface area contributed by atoms with E-state index in [1.54, 1.807) is 0 Å². The molecule has 0 aliphatic carbocycles. The Kier molecular flexibility index (Phi) is 10.9. The van der Waals surface area contributed by atoms with Gasteiger partial charge in [0.15, 0.2) is 5.96 Å². The molecule has 0 aromatic rings. The van der Waals surface area contributed by atoms with Crippen molar-refractivity contribution < 1.29 is 4.79 Å². The van der Waals surface area contributed by atoms with Crippen molar-refractivity contribution in [2.24, 2.45) is 4.99 Å². The average Bonchev–Trinajstić information content (AvgIpc) is 3.10. The first-order valence-corrected chi connectivity index (χ1v) is 12.9. The quantitative estimate of drug-likeness (QED) is 0.361. The number of carbonyl (C=O) groups excluding carboxylic acids is 1. The molecule has 0 bridgehead atoms. The SMILES string of the molecule is CN=C(NCCCCCN1CCCCC1)N1CCN(CC(=O)N2CCCCCC2)CC1. The number of nitrogens with one attached hydrogen (secondary N) is 1. The molecule has 0 spiro atoms. The molecule has 1 N–H and O–H groups in total. The zero-order chi connectivity index (χ0) is 21.7. The average molecular weight is 435 g/mol. The Balaban J connectivity index is 1.26. The second-order valence-corrected chi connectivity index (χ2v) is 9.50. The fraction of sp³-hybridized carbons (Fsp3) is 0.917. The van der Waals surface area contributed by atoms with Crippen LogP contribution in [0.25, 0.3) is 0 Å². The van der Waals surface area contributed by atoms with Crippen LogP contribution in [-0.2, 0) is 4.79 Å². The van der Waals surface area contributed by atoms with Crippen LogP contribution >= 0.6 is 0 Å². The number of nitrogens with zero attached hydrogens (tertiary/aromatic N) is 5. The van der Waals surface area contributed by atoms with Gasteiger partial charge in [-0.15, -0.1) is 0 Å². The van der Waals surface area contributed by atoms with Crippen LogP contribution in [0.4, 0.5) is 0 Å². The summed E-state index contributed by atoms with van der Waals surface area (Å²) in [7, 11) is 1.88. The van der Waals surface area contributed by atoms with E-state index in [2.05, 4.69) is 29.9 Å². The van der Waals surface area contributed by atoms with Gasteiger partial charge in [-0.05, 0) is 58.2 Å². The fourth-order valence-electron chi connectivity index (χ4n) is 5.08. The molecule has 0 radical (unpaired) electrons. The maximum absolute atomic E-state index is 12.7. The fourth-order valence-corrected chi connectivity index (χ4v) is 5.08.